The predicted octanol–water partition coefficient (Wildman–Crippen LogP) is 3.82. The molecule has 5 aromatic rings. The standard InChI is InChI=1S/C22H16ClF5N10O2/c23-14-2-4-18(36-11-29-33-34-36)19(20(14)24)12-1-3-17(37(39)10-12)16(5-6-40-22(27)28)35-9-13(7-30-35)15-8-31-38(32-15)21(25)26/h1-4,7-11,16,21-22H,5-6H2. The van der Waals surface area contributed by atoms with Crippen molar-refractivity contribution in [1.82, 2.24) is 45.0 Å². The van der Waals surface area contributed by atoms with E-state index in [1.165, 1.54) is 52.4 Å². The highest BCUT2D eigenvalue weighted by molar-refractivity contribution is 6.31. The molecule has 1 atom stereocenters. The van der Waals surface area contributed by atoms with E-state index in [-0.39, 0.29) is 50.0 Å². The number of hydrogen-bond donors (Lipinski definition) is 0. The minimum absolute atomic E-state index is 0.0407. The van der Waals surface area contributed by atoms with E-state index in [9.17, 15) is 22.8 Å². The van der Waals surface area contributed by atoms with Gasteiger partial charge in [-0.3, -0.25) is 4.68 Å². The highest BCUT2D eigenvalue weighted by atomic mass is 35.5. The number of tetrazole rings is 1. The lowest BCUT2D eigenvalue weighted by atomic mass is 10.0. The van der Waals surface area contributed by atoms with Crippen molar-refractivity contribution in [2.75, 3.05) is 6.61 Å². The highest BCUT2D eigenvalue weighted by Gasteiger charge is 2.26. The van der Waals surface area contributed by atoms with Crippen LogP contribution in [0.3, 0.4) is 0 Å². The van der Waals surface area contributed by atoms with Crippen LogP contribution in [0.15, 0.2) is 55.4 Å². The Kier molecular flexibility index (Phi) is 7.65. The van der Waals surface area contributed by atoms with Crippen molar-refractivity contribution in [1.29, 1.82) is 0 Å². The van der Waals surface area contributed by atoms with Crippen LogP contribution in [0.5, 0.6) is 0 Å². The molecule has 0 amide bonds. The molecule has 0 N–H and O–H groups in total. The zero-order valence-corrected chi connectivity index (χ0v) is 20.7. The molecule has 0 aliphatic carbocycles. The first-order chi connectivity index (χ1) is 19.2. The molecular weight excluding hydrogens is 567 g/mol. The average molecular weight is 583 g/mol. The van der Waals surface area contributed by atoms with E-state index in [1.807, 2.05) is 0 Å². The molecule has 12 nitrogen and oxygen atoms in total. The predicted molar refractivity (Wildman–Crippen MR) is 126 cm³/mol. The molecule has 0 spiro atoms. The fraction of sp³-hybridized carbons (Fsp3) is 0.227. The second kappa shape index (κ2) is 11.3. The minimum Gasteiger partial charge on any atom is -0.618 e. The van der Waals surface area contributed by atoms with E-state index >= 15 is 4.39 Å². The summed E-state index contributed by atoms with van der Waals surface area (Å²) in [6, 6.07) is 4.64. The van der Waals surface area contributed by atoms with Crippen LogP contribution < -0.4 is 4.73 Å². The van der Waals surface area contributed by atoms with Gasteiger partial charge in [-0.2, -0.15) is 37.2 Å². The highest BCUT2D eigenvalue weighted by Crippen LogP contribution is 2.33. The smallest absolute Gasteiger partial charge is 0.348 e. The molecule has 0 bridgehead atoms. The third kappa shape index (κ3) is 5.46. The lowest BCUT2D eigenvalue weighted by Gasteiger charge is -2.18. The van der Waals surface area contributed by atoms with E-state index in [1.54, 1.807) is 0 Å². The maximum atomic E-state index is 15.2. The van der Waals surface area contributed by atoms with Gasteiger partial charge in [0.05, 0.1) is 40.8 Å². The van der Waals surface area contributed by atoms with Crippen molar-refractivity contribution in [2.45, 2.75) is 25.6 Å². The Morgan fingerprint density at radius 3 is 2.55 bits per heavy atom. The Labute approximate surface area is 225 Å². The van der Waals surface area contributed by atoms with E-state index in [0.29, 0.717) is 4.73 Å². The Morgan fingerprint density at radius 1 is 1.05 bits per heavy atom. The van der Waals surface area contributed by atoms with Crippen molar-refractivity contribution >= 4 is 11.6 Å². The fourth-order valence-corrected chi connectivity index (χ4v) is 4.16. The number of nitrogens with zero attached hydrogens (tertiary/aromatic N) is 10. The summed E-state index contributed by atoms with van der Waals surface area (Å²) in [7, 11) is 0. The second-order valence-corrected chi connectivity index (χ2v) is 8.56. The van der Waals surface area contributed by atoms with Crippen LogP contribution in [-0.4, -0.2) is 58.2 Å². The molecule has 1 aromatic carbocycles. The first kappa shape index (κ1) is 27.1. The number of halogens is 6. The van der Waals surface area contributed by atoms with Crippen LogP contribution >= 0.6 is 11.6 Å². The first-order valence-corrected chi connectivity index (χ1v) is 11.7. The molecule has 4 aromatic heterocycles. The molecule has 208 valence electrons. The van der Waals surface area contributed by atoms with Gasteiger partial charge in [0.2, 0.25) is 5.69 Å². The zero-order valence-electron chi connectivity index (χ0n) is 19.9. The van der Waals surface area contributed by atoms with Gasteiger partial charge in [0.15, 0.2) is 12.0 Å². The van der Waals surface area contributed by atoms with Gasteiger partial charge >= 0.3 is 13.2 Å². The molecule has 0 saturated heterocycles. The number of hydrogen-bond acceptors (Lipinski definition) is 8. The molecular formula is C22H16ClF5N10O2. The number of benzene rings is 1. The monoisotopic (exact) mass is 582 g/mol. The Morgan fingerprint density at radius 2 is 1.88 bits per heavy atom. The summed E-state index contributed by atoms with van der Waals surface area (Å²) in [5.41, 5.74) is 0.668. The van der Waals surface area contributed by atoms with Crippen LogP contribution in [0.2, 0.25) is 5.02 Å². The molecule has 0 radical (unpaired) electrons. The topological polar surface area (TPSA) is 128 Å². The Bertz CT molecular complexity index is 1610. The summed E-state index contributed by atoms with van der Waals surface area (Å²) >= 11 is 5.99. The minimum atomic E-state index is -3.05. The first-order valence-electron chi connectivity index (χ1n) is 11.3. The molecule has 0 saturated carbocycles. The van der Waals surface area contributed by atoms with Crippen molar-refractivity contribution in [3.8, 4) is 28.1 Å². The molecule has 0 aliphatic heterocycles. The Hall–Kier alpha value is -4.51. The maximum absolute atomic E-state index is 15.2. The summed E-state index contributed by atoms with van der Waals surface area (Å²) < 4.78 is 73.5. The molecule has 1 unspecified atom stereocenters. The average Bonchev–Trinajstić information content (AvgIpc) is 3.70. The lowest BCUT2D eigenvalue weighted by molar-refractivity contribution is -0.615. The largest absolute Gasteiger partial charge is 0.618 e. The SMILES string of the molecule is [O-][n+]1cc(-c2c(-n3cnnn3)ccc(Cl)c2F)ccc1C(CCOC(F)F)n1cc(-c2cnn(C(F)F)n2)cn1. The third-order valence-corrected chi connectivity index (χ3v) is 6.07. The molecule has 5 rings (SSSR count). The van der Waals surface area contributed by atoms with Crippen LogP contribution in [-0.2, 0) is 4.74 Å². The normalized spacial score (nSPS) is 12.5. The summed E-state index contributed by atoms with van der Waals surface area (Å²) in [5, 5.41) is 35.2. The van der Waals surface area contributed by atoms with E-state index in [2.05, 4.69) is 35.6 Å². The Balaban J connectivity index is 1.52. The quantitative estimate of drug-likeness (QED) is 0.138. The summed E-state index contributed by atoms with van der Waals surface area (Å²) in [6.45, 7) is -6.45. The molecule has 40 heavy (non-hydrogen) atoms. The van der Waals surface area contributed by atoms with Crippen molar-refractivity contribution in [3.05, 3.63) is 77.1 Å². The number of alkyl halides is 4. The van der Waals surface area contributed by atoms with E-state index in [0.717, 1.165) is 12.4 Å². The zero-order chi connectivity index (χ0) is 28.4. The van der Waals surface area contributed by atoms with Gasteiger partial charge in [-0.05, 0) is 28.6 Å². The number of rotatable bonds is 10. The van der Waals surface area contributed by atoms with E-state index in [4.69, 9.17) is 11.6 Å². The fourth-order valence-electron chi connectivity index (χ4n) is 4.00. The van der Waals surface area contributed by atoms with Crippen LogP contribution in [0, 0.1) is 11.0 Å². The summed E-state index contributed by atoms with van der Waals surface area (Å²) in [4.78, 5) is 0.212. The van der Waals surface area contributed by atoms with Gasteiger partial charge in [-0.25, -0.2) is 4.39 Å². The van der Waals surface area contributed by atoms with Gasteiger partial charge < -0.3 is 9.94 Å². The molecule has 4 heterocycles. The third-order valence-electron chi connectivity index (χ3n) is 5.78. The van der Waals surface area contributed by atoms with Crippen LogP contribution in [0.25, 0.3) is 28.1 Å². The second-order valence-electron chi connectivity index (χ2n) is 8.15. The molecule has 0 aliphatic rings. The van der Waals surface area contributed by atoms with Gasteiger partial charge in [-0.15, -0.1) is 15.0 Å². The van der Waals surface area contributed by atoms with Gasteiger partial charge in [0.1, 0.15) is 18.1 Å². The molecule has 18 heteroatoms. The number of aromatic nitrogens is 10. The van der Waals surface area contributed by atoms with Crippen LogP contribution in [0.4, 0.5) is 22.0 Å². The van der Waals surface area contributed by atoms with Gasteiger partial charge in [0, 0.05) is 24.2 Å². The lowest BCUT2D eigenvalue weighted by Crippen LogP contribution is -2.36. The molecule has 0 fully saturated rings. The summed E-state index contributed by atoms with van der Waals surface area (Å²) in [5.74, 6) is -0.821. The summed E-state index contributed by atoms with van der Waals surface area (Å²) in [6.07, 6.45) is 5.99. The number of ether oxygens (including phenoxy) is 1. The van der Waals surface area contributed by atoms with Crippen LogP contribution in [0.1, 0.15) is 24.7 Å². The van der Waals surface area contributed by atoms with Crippen molar-refractivity contribution in [2.24, 2.45) is 0 Å². The van der Waals surface area contributed by atoms with Gasteiger partial charge in [0.25, 0.3) is 0 Å². The maximum Gasteiger partial charge on any atom is 0.348 e. The van der Waals surface area contributed by atoms with E-state index < -0.39 is 31.6 Å². The van der Waals surface area contributed by atoms with Crippen molar-refractivity contribution in [3.63, 3.8) is 0 Å². The number of pyridine rings is 1. The van der Waals surface area contributed by atoms with Gasteiger partial charge in [-0.1, -0.05) is 11.6 Å². The van der Waals surface area contributed by atoms with Crippen molar-refractivity contribution < 1.29 is 31.4 Å².